The Balaban J connectivity index is 1.40. The maximum absolute atomic E-state index is 12.2. The van der Waals surface area contributed by atoms with Crippen LogP contribution in [0.3, 0.4) is 0 Å². The maximum Gasteiger partial charge on any atom is 0.275 e. The van der Waals surface area contributed by atoms with E-state index in [1.165, 1.54) is 18.2 Å². The molecule has 0 aliphatic carbocycles. The van der Waals surface area contributed by atoms with E-state index < -0.39 is 0 Å². The van der Waals surface area contributed by atoms with E-state index in [-0.39, 0.29) is 5.91 Å². The second kappa shape index (κ2) is 8.62. The van der Waals surface area contributed by atoms with E-state index in [4.69, 9.17) is 4.42 Å². The fraction of sp³-hybridized carbons (Fsp3) is 0.400. The van der Waals surface area contributed by atoms with Gasteiger partial charge in [-0.1, -0.05) is 42.5 Å². The molecule has 0 unspecified atom stereocenters. The first-order valence-corrected chi connectivity index (χ1v) is 8.80. The molecule has 25 heavy (non-hydrogen) atoms. The van der Waals surface area contributed by atoms with Crippen molar-refractivity contribution < 1.29 is 9.21 Å². The Morgan fingerprint density at radius 2 is 2.08 bits per heavy atom. The van der Waals surface area contributed by atoms with Crippen molar-refractivity contribution in [3.05, 3.63) is 60.3 Å². The van der Waals surface area contributed by atoms with Crippen molar-refractivity contribution in [1.29, 1.82) is 0 Å². The number of aromatic nitrogens is 1. The normalized spacial score (nSPS) is 16.0. The van der Waals surface area contributed by atoms with Gasteiger partial charge in [0.25, 0.3) is 5.91 Å². The summed E-state index contributed by atoms with van der Waals surface area (Å²) in [6.45, 7) is 3.59. The van der Waals surface area contributed by atoms with Gasteiger partial charge in [0.1, 0.15) is 6.26 Å². The molecule has 0 radical (unpaired) electrons. The number of hydrogen-bond donors (Lipinski definition) is 0. The zero-order valence-electron chi connectivity index (χ0n) is 14.7. The van der Waals surface area contributed by atoms with Crippen molar-refractivity contribution in [3.63, 3.8) is 0 Å². The third-order valence-electron chi connectivity index (χ3n) is 4.65. The molecule has 0 bridgehead atoms. The van der Waals surface area contributed by atoms with Gasteiger partial charge in [-0.3, -0.25) is 4.79 Å². The van der Waals surface area contributed by atoms with Crippen LogP contribution in [0.15, 0.2) is 53.5 Å². The van der Waals surface area contributed by atoms with E-state index in [2.05, 4.69) is 53.3 Å². The molecule has 0 saturated carbocycles. The number of nitrogens with zero attached hydrogens (tertiary/aromatic N) is 3. The first-order valence-electron chi connectivity index (χ1n) is 8.80. The number of piperidine rings is 1. The standard InChI is InChI=1S/C20H25N3O2/c1-22(11-5-8-17-6-3-2-4-7-17)14-18-9-12-23(13-10-18)20(24)19-15-25-16-21-19/h2-8,15-16,18H,9-14H2,1H3/b8-5+. The molecular formula is C20H25N3O2. The quantitative estimate of drug-likeness (QED) is 0.811. The SMILES string of the molecule is CN(C/C=C/c1ccccc1)CC1CCN(C(=O)c2cocn2)CC1. The van der Waals surface area contributed by atoms with Gasteiger partial charge in [0.05, 0.1) is 0 Å². The van der Waals surface area contributed by atoms with Crippen LogP contribution in [0.5, 0.6) is 0 Å². The van der Waals surface area contributed by atoms with Crippen LogP contribution in [-0.2, 0) is 0 Å². The lowest BCUT2D eigenvalue weighted by atomic mass is 9.96. The summed E-state index contributed by atoms with van der Waals surface area (Å²) in [6, 6.07) is 10.4. The van der Waals surface area contributed by atoms with Gasteiger partial charge in [-0.25, -0.2) is 4.98 Å². The predicted octanol–water partition coefficient (Wildman–Crippen LogP) is 3.17. The summed E-state index contributed by atoms with van der Waals surface area (Å²) in [4.78, 5) is 20.4. The molecule has 5 nitrogen and oxygen atoms in total. The number of likely N-dealkylation sites (N-methyl/N-ethyl adjacent to an activating group) is 1. The van der Waals surface area contributed by atoms with E-state index in [1.807, 2.05) is 11.0 Å². The van der Waals surface area contributed by atoms with Gasteiger partial charge in [0.15, 0.2) is 12.1 Å². The largest absolute Gasteiger partial charge is 0.451 e. The van der Waals surface area contributed by atoms with Crippen LogP contribution in [-0.4, -0.2) is 53.9 Å². The molecule has 1 fully saturated rings. The number of hydrogen-bond acceptors (Lipinski definition) is 4. The Morgan fingerprint density at radius 1 is 1.32 bits per heavy atom. The van der Waals surface area contributed by atoms with Gasteiger partial charge < -0.3 is 14.2 Å². The summed E-state index contributed by atoms with van der Waals surface area (Å²) in [6.07, 6.45) is 9.17. The molecule has 1 aliphatic rings. The lowest BCUT2D eigenvalue weighted by Crippen LogP contribution is -2.41. The van der Waals surface area contributed by atoms with Crippen molar-refractivity contribution >= 4 is 12.0 Å². The van der Waals surface area contributed by atoms with E-state index in [1.54, 1.807) is 0 Å². The average Bonchev–Trinajstić information content (AvgIpc) is 3.17. The minimum Gasteiger partial charge on any atom is -0.451 e. The molecule has 1 amide bonds. The molecule has 0 N–H and O–H groups in total. The highest BCUT2D eigenvalue weighted by atomic mass is 16.3. The van der Waals surface area contributed by atoms with Gasteiger partial charge in [-0.05, 0) is 31.4 Å². The number of rotatable bonds is 6. The number of amides is 1. The zero-order valence-corrected chi connectivity index (χ0v) is 14.7. The predicted molar refractivity (Wildman–Crippen MR) is 98.1 cm³/mol. The molecule has 3 rings (SSSR count). The fourth-order valence-corrected chi connectivity index (χ4v) is 3.25. The molecule has 5 heteroatoms. The molecule has 1 aliphatic heterocycles. The van der Waals surface area contributed by atoms with Crippen molar-refractivity contribution in [2.75, 3.05) is 33.2 Å². The van der Waals surface area contributed by atoms with Gasteiger partial charge in [0.2, 0.25) is 0 Å². The fourth-order valence-electron chi connectivity index (χ4n) is 3.25. The van der Waals surface area contributed by atoms with Gasteiger partial charge >= 0.3 is 0 Å². The zero-order chi connectivity index (χ0) is 17.5. The van der Waals surface area contributed by atoms with Crippen LogP contribution in [0.1, 0.15) is 28.9 Å². The van der Waals surface area contributed by atoms with Crippen molar-refractivity contribution in [2.45, 2.75) is 12.8 Å². The smallest absolute Gasteiger partial charge is 0.275 e. The summed E-state index contributed by atoms with van der Waals surface area (Å²) < 4.78 is 4.90. The highest BCUT2D eigenvalue weighted by molar-refractivity contribution is 5.91. The van der Waals surface area contributed by atoms with E-state index in [0.717, 1.165) is 39.0 Å². The van der Waals surface area contributed by atoms with Crippen molar-refractivity contribution in [1.82, 2.24) is 14.8 Å². The Morgan fingerprint density at radius 3 is 2.76 bits per heavy atom. The second-order valence-corrected chi connectivity index (χ2v) is 6.64. The number of oxazole rings is 1. The Kier molecular flexibility index (Phi) is 6.01. The lowest BCUT2D eigenvalue weighted by molar-refractivity contribution is 0.0669. The summed E-state index contributed by atoms with van der Waals surface area (Å²) in [5, 5.41) is 0. The summed E-state index contributed by atoms with van der Waals surface area (Å²) in [5.74, 6) is 0.614. The molecule has 0 atom stereocenters. The number of carbonyl (C=O) groups excluding carboxylic acids is 1. The summed E-state index contributed by atoms with van der Waals surface area (Å²) >= 11 is 0. The lowest BCUT2D eigenvalue weighted by Gasteiger charge is -2.33. The summed E-state index contributed by atoms with van der Waals surface area (Å²) in [5.41, 5.74) is 1.64. The Hall–Kier alpha value is -2.40. The minimum atomic E-state index is -0.0219. The van der Waals surface area contributed by atoms with Gasteiger partial charge in [0, 0.05) is 26.2 Å². The number of likely N-dealkylation sites (tertiary alicyclic amines) is 1. The Bertz CT molecular complexity index is 674. The van der Waals surface area contributed by atoms with Crippen LogP contribution >= 0.6 is 0 Å². The Labute approximate surface area is 149 Å². The molecule has 1 aromatic heterocycles. The highest BCUT2D eigenvalue weighted by Gasteiger charge is 2.25. The van der Waals surface area contributed by atoms with Crippen LogP contribution in [0.2, 0.25) is 0 Å². The molecule has 1 aromatic carbocycles. The van der Waals surface area contributed by atoms with E-state index >= 15 is 0 Å². The topological polar surface area (TPSA) is 49.6 Å². The molecule has 132 valence electrons. The van der Waals surface area contributed by atoms with Gasteiger partial charge in [-0.2, -0.15) is 0 Å². The maximum atomic E-state index is 12.2. The molecule has 0 spiro atoms. The summed E-state index contributed by atoms with van der Waals surface area (Å²) in [7, 11) is 2.16. The van der Waals surface area contributed by atoms with Crippen LogP contribution in [0, 0.1) is 5.92 Å². The van der Waals surface area contributed by atoms with Crippen molar-refractivity contribution in [2.24, 2.45) is 5.92 Å². The first kappa shape index (κ1) is 17.4. The molecule has 2 heterocycles. The van der Waals surface area contributed by atoms with Crippen LogP contribution in [0.25, 0.3) is 6.08 Å². The number of carbonyl (C=O) groups is 1. The van der Waals surface area contributed by atoms with Crippen LogP contribution < -0.4 is 0 Å². The van der Waals surface area contributed by atoms with Crippen molar-refractivity contribution in [3.8, 4) is 0 Å². The molecule has 1 saturated heterocycles. The average molecular weight is 339 g/mol. The first-order chi connectivity index (χ1) is 12.2. The third-order valence-corrected chi connectivity index (χ3v) is 4.65. The minimum absolute atomic E-state index is 0.0219. The highest BCUT2D eigenvalue weighted by Crippen LogP contribution is 2.19. The van der Waals surface area contributed by atoms with Gasteiger partial charge in [-0.15, -0.1) is 0 Å². The van der Waals surface area contributed by atoms with E-state index in [0.29, 0.717) is 11.6 Å². The number of benzene rings is 1. The van der Waals surface area contributed by atoms with E-state index in [9.17, 15) is 4.79 Å². The third kappa shape index (κ3) is 5.03. The molecule has 2 aromatic rings. The molecular weight excluding hydrogens is 314 g/mol. The van der Waals surface area contributed by atoms with Crippen LogP contribution in [0.4, 0.5) is 0 Å². The second-order valence-electron chi connectivity index (χ2n) is 6.64. The monoisotopic (exact) mass is 339 g/mol.